The number of aromatic amines is 1. The van der Waals surface area contributed by atoms with E-state index in [1.807, 2.05) is 7.05 Å². The number of aromatic nitrogens is 3. The average molecular weight is 289 g/mol. The van der Waals surface area contributed by atoms with E-state index in [2.05, 4.69) is 25.4 Å². The van der Waals surface area contributed by atoms with Crippen molar-refractivity contribution >= 4 is 5.95 Å². The van der Waals surface area contributed by atoms with Gasteiger partial charge >= 0.3 is 0 Å². The molecule has 0 saturated carbocycles. The number of halogens is 1. The first-order chi connectivity index (χ1) is 10.3. The molecule has 1 fully saturated rings. The number of hydrogen-bond acceptors (Lipinski definition) is 4. The van der Waals surface area contributed by atoms with E-state index in [4.69, 9.17) is 0 Å². The first-order valence-corrected chi connectivity index (χ1v) is 7.35. The summed E-state index contributed by atoms with van der Waals surface area (Å²) in [5.41, 5.74) is 0.458. The highest BCUT2D eigenvalue weighted by atomic mass is 19.1. The lowest BCUT2D eigenvalue weighted by atomic mass is 9.98. The molecule has 1 saturated heterocycles. The Morgan fingerprint density at radius 2 is 2.29 bits per heavy atom. The first-order valence-electron chi connectivity index (χ1n) is 7.35. The molecular weight excluding hydrogens is 269 g/mol. The van der Waals surface area contributed by atoms with Crippen molar-refractivity contribution in [3.05, 3.63) is 30.1 Å². The number of benzene rings is 1. The molecule has 3 rings (SSSR count). The van der Waals surface area contributed by atoms with Crippen LogP contribution in [0.4, 0.5) is 10.3 Å². The molecule has 0 radical (unpaired) electrons. The highest BCUT2D eigenvalue weighted by molar-refractivity contribution is 5.57. The highest BCUT2D eigenvalue weighted by Gasteiger charge is 2.22. The molecule has 1 unspecified atom stereocenters. The predicted octanol–water partition coefficient (Wildman–Crippen LogP) is 2.05. The fraction of sp³-hybridized carbons (Fsp3) is 0.467. The van der Waals surface area contributed by atoms with Crippen LogP contribution in [-0.2, 0) is 0 Å². The van der Waals surface area contributed by atoms with Gasteiger partial charge in [0.2, 0.25) is 5.95 Å². The number of anilines is 1. The van der Waals surface area contributed by atoms with Gasteiger partial charge in [0, 0.05) is 13.1 Å². The average Bonchev–Trinajstić information content (AvgIpc) is 2.98. The number of H-pyrrole nitrogens is 1. The summed E-state index contributed by atoms with van der Waals surface area (Å²) in [6.45, 7) is 2.89. The third-order valence-electron chi connectivity index (χ3n) is 3.90. The molecule has 0 bridgehead atoms. The molecule has 112 valence electrons. The van der Waals surface area contributed by atoms with Crippen LogP contribution < -0.4 is 10.2 Å². The number of nitrogens with one attached hydrogen (secondary N) is 2. The van der Waals surface area contributed by atoms with Gasteiger partial charge in [-0.2, -0.15) is 4.98 Å². The summed E-state index contributed by atoms with van der Waals surface area (Å²) in [5, 5.41) is 10.3. The zero-order valence-electron chi connectivity index (χ0n) is 12.1. The van der Waals surface area contributed by atoms with E-state index in [0.717, 1.165) is 26.1 Å². The molecule has 1 aromatic carbocycles. The van der Waals surface area contributed by atoms with Gasteiger partial charge in [-0.1, -0.05) is 12.1 Å². The lowest BCUT2D eigenvalue weighted by Gasteiger charge is -2.31. The Bertz CT molecular complexity index is 595. The molecule has 2 aromatic rings. The topological polar surface area (TPSA) is 56.8 Å². The van der Waals surface area contributed by atoms with Crippen molar-refractivity contribution in [3.8, 4) is 11.4 Å². The third kappa shape index (κ3) is 3.05. The Balaban J connectivity index is 1.77. The predicted molar refractivity (Wildman–Crippen MR) is 80.6 cm³/mol. The second kappa shape index (κ2) is 6.22. The van der Waals surface area contributed by atoms with Crippen LogP contribution in [0, 0.1) is 11.7 Å². The zero-order valence-corrected chi connectivity index (χ0v) is 12.1. The highest BCUT2D eigenvalue weighted by Crippen LogP contribution is 2.23. The fourth-order valence-corrected chi connectivity index (χ4v) is 2.87. The monoisotopic (exact) mass is 289 g/mol. The maximum atomic E-state index is 13.8. The van der Waals surface area contributed by atoms with Crippen molar-refractivity contribution in [2.75, 3.05) is 31.6 Å². The lowest BCUT2D eigenvalue weighted by Crippen LogP contribution is -2.39. The molecule has 0 spiro atoms. The van der Waals surface area contributed by atoms with Gasteiger partial charge in [-0.25, -0.2) is 4.39 Å². The third-order valence-corrected chi connectivity index (χ3v) is 3.90. The van der Waals surface area contributed by atoms with Crippen LogP contribution in [0.15, 0.2) is 24.3 Å². The van der Waals surface area contributed by atoms with E-state index in [1.165, 1.54) is 12.5 Å². The van der Waals surface area contributed by atoms with E-state index >= 15 is 0 Å². The van der Waals surface area contributed by atoms with Gasteiger partial charge < -0.3 is 10.2 Å². The Kier molecular flexibility index (Phi) is 4.15. The molecule has 6 heteroatoms. The molecule has 1 aliphatic heterocycles. The van der Waals surface area contributed by atoms with Crippen molar-refractivity contribution < 1.29 is 4.39 Å². The van der Waals surface area contributed by atoms with Crippen LogP contribution in [0.5, 0.6) is 0 Å². The molecule has 2 heterocycles. The SMILES string of the molecule is CNCC1CCCN(c2n[nH]c(-c3ccccc3F)n2)C1. The largest absolute Gasteiger partial charge is 0.339 e. The summed E-state index contributed by atoms with van der Waals surface area (Å²) < 4.78 is 13.8. The van der Waals surface area contributed by atoms with Crippen molar-refractivity contribution in [1.82, 2.24) is 20.5 Å². The normalized spacial score (nSPS) is 19.0. The molecule has 1 atom stereocenters. The lowest BCUT2D eigenvalue weighted by molar-refractivity contribution is 0.399. The quantitative estimate of drug-likeness (QED) is 0.904. The van der Waals surface area contributed by atoms with Crippen LogP contribution in [0.2, 0.25) is 0 Å². The molecule has 1 aliphatic rings. The molecule has 21 heavy (non-hydrogen) atoms. The summed E-state index contributed by atoms with van der Waals surface area (Å²) in [6, 6.07) is 6.61. The van der Waals surface area contributed by atoms with Crippen LogP contribution in [0.25, 0.3) is 11.4 Å². The number of nitrogens with zero attached hydrogens (tertiary/aromatic N) is 3. The molecule has 1 aromatic heterocycles. The second-order valence-electron chi connectivity index (χ2n) is 5.48. The Hall–Kier alpha value is -1.95. The number of piperidine rings is 1. The van der Waals surface area contributed by atoms with Gasteiger partial charge in [0.15, 0.2) is 5.82 Å². The second-order valence-corrected chi connectivity index (χ2v) is 5.48. The first kappa shape index (κ1) is 14.0. The number of rotatable bonds is 4. The smallest absolute Gasteiger partial charge is 0.245 e. The van der Waals surface area contributed by atoms with E-state index < -0.39 is 0 Å². The van der Waals surface area contributed by atoms with E-state index in [9.17, 15) is 4.39 Å². The van der Waals surface area contributed by atoms with Crippen LogP contribution in [0.1, 0.15) is 12.8 Å². The minimum absolute atomic E-state index is 0.285. The van der Waals surface area contributed by atoms with Gasteiger partial charge in [0.25, 0.3) is 0 Å². The Labute approximate surface area is 123 Å². The maximum absolute atomic E-state index is 13.8. The van der Waals surface area contributed by atoms with Crippen molar-refractivity contribution in [2.24, 2.45) is 5.92 Å². The summed E-state index contributed by atoms with van der Waals surface area (Å²) in [6.07, 6.45) is 2.36. The van der Waals surface area contributed by atoms with Gasteiger partial charge in [0.05, 0.1) is 5.56 Å². The van der Waals surface area contributed by atoms with E-state index in [0.29, 0.717) is 23.3 Å². The summed E-state index contributed by atoms with van der Waals surface area (Å²) in [5.74, 6) is 1.47. The van der Waals surface area contributed by atoms with Crippen molar-refractivity contribution in [2.45, 2.75) is 12.8 Å². The molecule has 5 nitrogen and oxygen atoms in total. The van der Waals surface area contributed by atoms with Gasteiger partial charge in [-0.05, 0) is 44.5 Å². The van der Waals surface area contributed by atoms with Gasteiger partial charge in [-0.15, -0.1) is 5.10 Å². The fourth-order valence-electron chi connectivity index (χ4n) is 2.87. The molecule has 0 aliphatic carbocycles. The van der Waals surface area contributed by atoms with Crippen LogP contribution >= 0.6 is 0 Å². The molecule has 2 N–H and O–H groups in total. The molecular formula is C15H20FN5. The summed E-state index contributed by atoms with van der Waals surface area (Å²) in [7, 11) is 1.97. The summed E-state index contributed by atoms with van der Waals surface area (Å²) >= 11 is 0. The van der Waals surface area contributed by atoms with Crippen molar-refractivity contribution in [3.63, 3.8) is 0 Å². The minimum atomic E-state index is -0.285. The van der Waals surface area contributed by atoms with E-state index in [-0.39, 0.29) is 5.82 Å². The standard InChI is InChI=1S/C15H20FN5/c1-17-9-11-5-4-8-21(10-11)15-18-14(19-20-15)12-6-2-3-7-13(12)16/h2-3,6-7,11,17H,4-5,8-10H2,1H3,(H,18,19,20). The van der Waals surface area contributed by atoms with Crippen molar-refractivity contribution in [1.29, 1.82) is 0 Å². The Morgan fingerprint density at radius 3 is 3.10 bits per heavy atom. The van der Waals surface area contributed by atoms with E-state index in [1.54, 1.807) is 18.2 Å². The minimum Gasteiger partial charge on any atom is -0.339 e. The van der Waals surface area contributed by atoms with Gasteiger partial charge in [0.1, 0.15) is 5.82 Å². The number of hydrogen-bond donors (Lipinski definition) is 2. The Morgan fingerprint density at radius 1 is 1.43 bits per heavy atom. The zero-order chi connectivity index (χ0) is 14.7. The van der Waals surface area contributed by atoms with Crippen LogP contribution in [0.3, 0.4) is 0 Å². The van der Waals surface area contributed by atoms with Gasteiger partial charge in [-0.3, -0.25) is 5.10 Å². The summed E-state index contributed by atoms with van der Waals surface area (Å²) in [4.78, 5) is 6.63. The van der Waals surface area contributed by atoms with Crippen LogP contribution in [-0.4, -0.2) is 41.9 Å². The molecule has 0 amide bonds. The maximum Gasteiger partial charge on any atom is 0.245 e.